The first-order chi connectivity index (χ1) is 8.22. The van der Waals surface area contributed by atoms with Crippen LogP contribution in [-0.4, -0.2) is 16.3 Å². The molecule has 0 atom stereocenters. The van der Waals surface area contributed by atoms with Crippen LogP contribution in [0.3, 0.4) is 0 Å². The highest BCUT2D eigenvalue weighted by Crippen LogP contribution is 2.17. The summed E-state index contributed by atoms with van der Waals surface area (Å²) in [5, 5.41) is 7.54. The van der Waals surface area contributed by atoms with Crippen LogP contribution in [0.25, 0.3) is 5.69 Å². The fourth-order valence-corrected chi connectivity index (χ4v) is 1.75. The summed E-state index contributed by atoms with van der Waals surface area (Å²) >= 11 is 0. The van der Waals surface area contributed by atoms with Crippen LogP contribution in [0, 0.1) is 12.7 Å². The predicted molar refractivity (Wildman–Crippen MR) is 65.6 cm³/mol. The van der Waals surface area contributed by atoms with Crippen LogP contribution in [0.4, 0.5) is 4.39 Å². The van der Waals surface area contributed by atoms with E-state index >= 15 is 0 Å². The van der Waals surface area contributed by atoms with E-state index in [1.54, 1.807) is 16.9 Å². The minimum Gasteiger partial charge on any atom is -0.311 e. The Labute approximate surface area is 100 Å². The molecule has 0 amide bonds. The van der Waals surface area contributed by atoms with Gasteiger partial charge in [-0.15, -0.1) is 0 Å². The number of aryl methyl sites for hydroxylation is 1. The van der Waals surface area contributed by atoms with E-state index in [1.807, 2.05) is 26.0 Å². The summed E-state index contributed by atoms with van der Waals surface area (Å²) in [6.07, 6.45) is 1.79. The first-order valence-electron chi connectivity index (χ1n) is 5.73. The fourth-order valence-electron chi connectivity index (χ4n) is 1.75. The molecule has 17 heavy (non-hydrogen) atoms. The number of benzene rings is 1. The summed E-state index contributed by atoms with van der Waals surface area (Å²) in [6.45, 7) is 5.52. The van der Waals surface area contributed by atoms with Crippen molar-refractivity contribution in [3.63, 3.8) is 0 Å². The third-order valence-electron chi connectivity index (χ3n) is 2.62. The summed E-state index contributed by atoms with van der Waals surface area (Å²) in [4.78, 5) is 0. The molecule has 0 aliphatic heterocycles. The lowest BCUT2D eigenvalue weighted by Gasteiger charge is -2.06. The molecule has 0 unspecified atom stereocenters. The Morgan fingerprint density at radius 3 is 2.88 bits per heavy atom. The summed E-state index contributed by atoms with van der Waals surface area (Å²) in [5.74, 6) is -0.247. The molecule has 1 heterocycles. The molecule has 2 aromatic rings. The van der Waals surface area contributed by atoms with Gasteiger partial charge in [0.2, 0.25) is 0 Å². The van der Waals surface area contributed by atoms with Crippen LogP contribution < -0.4 is 5.32 Å². The Kier molecular flexibility index (Phi) is 3.54. The second kappa shape index (κ2) is 5.10. The molecule has 1 aromatic heterocycles. The second-order valence-electron chi connectivity index (χ2n) is 3.94. The first-order valence-corrected chi connectivity index (χ1v) is 5.73. The molecule has 0 saturated carbocycles. The standard InChI is InChI=1S/C13H16FN3/c1-3-15-9-11-7-8-17(16-11)13-10(2)5-4-6-12(13)14/h4-8,15H,3,9H2,1-2H3. The lowest BCUT2D eigenvalue weighted by molar-refractivity contribution is 0.606. The summed E-state index contributed by atoms with van der Waals surface area (Å²) in [7, 11) is 0. The number of hydrogen-bond acceptors (Lipinski definition) is 2. The Balaban J connectivity index is 2.30. The van der Waals surface area contributed by atoms with Gasteiger partial charge in [0.25, 0.3) is 0 Å². The lowest BCUT2D eigenvalue weighted by atomic mass is 10.2. The Bertz CT molecular complexity index is 485. The van der Waals surface area contributed by atoms with Gasteiger partial charge in [-0.2, -0.15) is 5.10 Å². The second-order valence-corrected chi connectivity index (χ2v) is 3.94. The first kappa shape index (κ1) is 11.8. The summed E-state index contributed by atoms with van der Waals surface area (Å²) in [5.41, 5.74) is 2.31. The number of nitrogens with zero attached hydrogens (tertiary/aromatic N) is 2. The number of halogens is 1. The zero-order valence-electron chi connectivity index (χ0n) is 10.1. The van der Waals surface area contributed by atoms with Crippen LogP contribution in [0.2, 0.25) is 0 Å². The van der Waals surface area contributed by atoms with Gasteiger partial charge in [0.05, 0.1) is 5.69 Å². The fraction of sp³-hybridized carbons (Fsp3) is 0.308. The van der Waals surface area contributed by atoms with E-state index in [0.29, 0.717) is 12.2 Å². The normalized spacial score (nSPS) is 10.8. The van der Waals surface area contributed by atoms with Crippen LogP contribution in [0.15, 0.2) is 30.5 Å². The molecule has 0 radical (unpaired) electrons. The third-order valence-corrected chi connectivity index (χ3v) is 2.62. The smallest absolute Gasteiger partial charge is 0.149 e. The van der Waals surface area contributed by atoms with Crippen molar-refractivity contribution in [3.8, 4) is 5.69 Å². The van der Waals surface area contributed by atoms with E-state index in [4.69, 9.17) is 0 Å². The van der Waals surface area contributed by atoms with Crippen molar-refractivity contribution in [2.24, 2.45) is 0 Å². The highest BCUT2D eigenvalue weighted by atomic mass is 19.1. The van der Waals surface area contributed by atoms with Gasteiger partial charge in [-0.3, -0.25) is 0 Å². The molecular formula is C13H16FN3. The van der Waals surface area contributed by atoms with Crippen molar-refractivity contribution in [1.29, 1.82) is 0 Å². The van der Waals surface area contributed by atoms with Crippen LogP contribution in [0.5, 0.6) is 0 Å². The minimum atomic E-state index is -0.247. The monoisotopic (exact) mass is 233 g/mol. The summed E-state index contributed by atoms with van der Waals surface area (Å²) < 4.78 is 15.3. The highest BCUT2D eigenvalue weighted by molar-refractivity contribution is 5.40. The van der Waals surface area contributed by atoms with Crippen molar-refractivity contribution in [2.75, 3.05) is 6.54 Å². The molecule has 0 spiro atoms. The number of nitrogens with one attached hydrogen (secondary N) is 1. The van der Waals surface area contributed by atoms with Crippen molar-refractivity contribution in [3.05, 3.63) is 47.5 Å². The predicted octanol–water partition coefficient (Wildman–Crippen LogP) is 2.43. The zero-order valence-corrected chi connectivity index (χ0v) is 10.1. The molecule has 0 aliphatic rings. The molecule has 90 valence electrons. The van der Waals surface area contributed by atoms with Gasteiger partial charge in [-0.05, 0) is 31.2 Å². The van der Waals surface area contributed by atoms with Gasteiger partial charge < -0.3 is 5.32 Å². The van der Waals surface area contributed by atoms with Crippen LogP contribution in [0.1, 0.15) is 18.2 Å². The quantitative estimate of drug-likeness (QED) is 0.879. The molecule has 1 N–H and O–H groups in total. The molecule has 4 heteroatoms. The Hall–Kier alpha value is -1.68. The maximum Gasteiger partial charge on any atom is 0.149 e. The van der Waals surface area contributed by atoms with E-state index < -0.39 is 0 Å². The van der Waals surface area contributed by atoms with Gasteiger partial charge in [0.15, 0.2) is 0 Å². The summed E-state index contributed by atoms with van der Waals surface area (Å²) in [6, 6.07) is 6.93. The van der Waals surface area contributed by atoms with Gasteiger partial charge in [0, 0.05) is 12.7 Å². The van der Waals surface area contributed by atoms with Gasteiger partial charge in [-0.1, -0.05) is 19.1 Å². The minimum absolute atomic E-state index is 0.247. The van der Waals surface area contributed by atoms with Gasteiger partial charge >= 0.3 is 0 Å². The maximum atomic E-state index is 13.7. The van der Waals surface area contributed by atoms with E-state index in [-0.39, 0.29) is 5.82 Å². The molecule has 2 rings (SSSR count). The van der Waals surface area contributed by atoms with Crippen molar-refractivity contribution >= 4 is 0 Å². The van der Waals surface area contributed by atoms with E-state index in [1.165, 1.54) is 6.07 Å². The van der Waals surface area contributed by atoms with Gasteiger partial charge in [-0.25, -0.2) is 9.07 Å². The van der Waals surface area contributed by atoms with Crippen LogP contribution >= 0.6 is 0 Å². The third kappa shape index (κ3) is 2.53. The van der Waals surface area contributed by atoms with Crippen molar-refractivity contribution in [2.45, 2.75) is 20.4 Å². The maximum absolute atomic E-state index is 13.7. The Morgan fingerprint density at radius 2 is 2.18 bits per heavy atom. The molecule has 0 fully saturated rings. The lowest BCUT2D eigenvalue weighted by Crippen LogP contribution is -2.12. The Morgan fingerprint density at radius 1 is 1.35 bits per heavy atom. The van der Waals surface area contributed by atoms with E-state index in [2.05, 4.69) is 10.4 Å². The SMILES string of the molecule is CCNCc1ccn(-c2c(C)cccc2F)n1. The number of aromatic nitrogens is 2. The van der Waals surface area contributed by atoms with Gasteiger partial charge in [0.1, 0.15) is 11.5 Å². The average molecular weight is 233 g/mol. The number of rotatable bonds is 4. The average Bonchev–Trinajstić information content (AvgIpc) is 2.75. The van der Waals surface area contributed by atoms with Crippen molar-refractivity contribution < 1.29 is 4.39 Å². The molecule has 0 bridgehead atoms. The van der Waals surface area contributed by atoms with Crippen LogP contribution in [-0.2, 0) is 6.54 Å². The van der Waals surface area contributed by atoms with Crippen molar-refractivity contribution in [1.82, 2.24) is 15.1 Å². The molecule has 3 nitrogen and oxygen atoms in total. The molecule has 1 aromatic carbocycles. The largest absolute Gasteiger partial charge is 0.311 e. The zero-order chi connectivity index (χ0) is 12.3. The highest BCUT2D eigenvalue weighted by Gasteiger charge is 2.08. The molecular weight excluding hydrogens is 217 g/mol. The van der Waals surface area contributed by atoms with E-state index in [0.717, 1.165) is 17.8 Å². The topological polar surface area (TPSA) is 29.9 Å². The molecule has 0 saturated heterocycles. The number of para-hydroxylation sites is 1. The number of hydrogen-bond donors (Lipinski definition) is 1. The molecule has 0 aliphatic carbocycles. The van der Waals surface area contributed by atoms with E-state index in [9.17, 15) is 4.39 Å².